The van der Waals surface area contributed by atoms with Crippen molar-refractivity contribution in [1.82, 2.24) is 15.0 Å². The van der Waals surface area contributed by atoms with Gasteiger partial charge in [0.25, 0.3) is 0 Å². The van der Waals surface area contributed by atoms with Gasteiger partial charge in [0.05, 0.1) is 12.2 Å². The molecule has 0 aliphatic carbocycles. The van der Waals surface area contributed by atoms with Gasteiger partial charge in [-0.25, -0.2) is 9.48 Å². The van der Waals surface area contributed by atoms with E-state index < -0.39 is 5.97 Å². The Morgan fingerprint density at radius 2 is 2.06 bits per heavy atom. The molecule has 6 nitrogen and oxygen atoms in total. The quantitative estimate of drug-likeness (QED) is 0.798. The molecule has 1 aromatic heterocycles. The number of hydrogen-bond acceptors (Lipinski definition) is 4. The standard InChI is InChI=1S/C11H11IN4O2/c12-8-3-1-7(2-4-8)6-16-9(5-13)10(11(17)18)14-15-16/h1-4H,5-6,13H2,(H,17,18). The Kier molecular flexibility index (Phi) is 3.92. The molecule has 0 aliphatic heterocycles. The van der Waals surface area contributed by atoms with Gasteiger partial charge < -0.3 is 10.8 Å². The van der Waals surface area contributed by atoms with Crippen molar-refractivity contribution in [2.24, 2.45) is 5.73 Å². The summed E-state index contributed by atoms with van der Waals surface area (Å²) in [6, 6.07) is 7.88. The van der Waals surface area contributed by atoms with Crippen molar-refractivity contribution in [3.05, 3.63) is 44.8 Å². The number of carbonyl (C=O) groups is 1. The predicted molar refractivity (Wildman–Crippen MR) is 73.1 cm³/mol. The molecular formula is C11H11IN4O2. The maximum absolute atomic E-state index is 10.9. The molecule has 18 heavy (non-hydrogen) atoms. The van der Waals surface area contributed by atoms with E-state index in [2.05, 4.69) is 32.9 Å². The van der Waals surface area contributed by atoms with Crippen LogP contribution in [0.3, 0.4) is 0 Å². The number of rotatable bonds is 4. The van der Waals surface area contributed by atoms with E-state index in [1.165, 1.54) is 4.68 Å². The summed E-state index contributed by atoms with van der Waals surface area (Å²) in [6.45, 7) is 0.558. The van der Waals surface area contributed by atoms with Gasteiger partial charge in [-0.05, 0) is 40.3 Å². The third kappa shape index (κ3) is 2.67. The molecule has 0 unspecified atom stereocenters. The molecule has 94 valence electrons. The van der Waals surface area contributed by atoms with Gasteiger partial charge in [0.15, 0.2) is 5.69 Å². The van der Waals surface area contributed by atoms with Crippen molar-refractivity contribution < 1.29 is 9.90 Å². The highest BCUT2D eigenvalue weighted by Gasteiger charge is 2.17. The first-order valence-electron chi connectivity index (χ1n) is 5.22. The Balaban J connectivity index is 2.29. The van der Waals surface area contributed by atoms with E-state index in [0.717, 1.165) is 9.13 Å². The van der Waals surface area contributed by atoms with E-state index in [4.69, 9.17) is 10.8 Å². The number of nitrogens with zero attached hydrogens (tertiary/aromatic N) is 3. The number of hydrogen-bond donors (Lipinski definition) is 2. The predicted octanol–water partition coefficient (Wildman–Crippen LogP) is 1.09. The molecule has 2 rings (SSSR count). The lowest BCUT2D eigenvalue weighted by atomic mass is 10.2. The van der Waals surface area contributed by atoms with Crippen molar-refractivity contribution in [1.29, 1.82) is 0 Å². The van der Waals surface area contributed by atoms with Gasteiger partial charge >= 0.3 is 5.97 Å². The summed E-state index contributed by atoms with van der Waals surface area (Å²) in [5.41, 5.74) is 6.92. The summed E-state index contributed by atoms with van der Waals surface area (Å²) < 4.78 is 2.66. The molecule has 0 saturated heterocycles. The lowest BCUT2D eigenvalue weighted by Gasteiger charge is -2.05. The van der Waals surface area contributed by atoms with Crippen LogP contribution in [0.25, 0.3) is 0 Å². The van der Waals surface area contributed by atoms with E-state index in [1.807, 2.05) is 24.3 Å². The minimum atomic E-state index is -1.11. The number of aromatic nitrogens is 3. The van der Waals surface area contributed by atoms with Gasteiger partial charge in [-0.15, -0.1) is 5.10 Å². The zero-order valence-electron chi connectivity index (χ0n) is 9.38. The summed E-state index contributed by atoms with van der Waals surface area (Å²) in [7, 11) is 0. The van der Waals surface area contributed by atoms with Crippen LogP contribution in [0, 0.1) is 3.57 Å². The summed E-state index contributed by atoms with van der Waals surface area (Å²) in [5, 5.41) is 16.4. The molecule has 0 atom stereocenters. The van der Waals surface area contributed by atoms with Crippen LogP contribution in [0.4, 0.5) is 0 Å². The van der Waals surface area contributed by atoms with Crippen molar-refractivity contribution in [3.8, 4) is 0 Å². The topological polar surface area (TPSA) is 94.0 Å². The lowest BCUT2D eigenvalue weighted by molar-refractivity contribution is 0.0689. The summed E-state index contributed by atoms with van der Waals surface area (Å²) in [4.78, 5) is 10.9. The first-order chi connectivity index (χ1) is 8.61. The molecule has 2 aromatic rings. The fourth-order valence-electron chi connectivity index (χ4n) is 1.59. The average Bonchev–Trinajstić information content (AvgIpc) is 2.75. The molecular weight excluding hydrogens is 347 g/mol. The van der Waals surface area contributed by atoms with Gasteiger partial charge in [0.1, 0.15) is 0 Å². The molecule has 0 radical (unpaired) electrons. The number of aromatic carboxylic acids is 1. The minimum Gasteiger partial charge on any atom is -0.476 e. The van der Waals surface area contributed by atoms with Crippen LogP contribution < -0.4 is 5.73 Å². The highest BCUT2D eigenvalue weighted by Crippen LogP contribution is 2.11. The van der Waals surface area contributed by atoms with E-state index >= 15 is 0 Å². The smallest absolute Gasteiger partial charge is 0.358 e. The second-order valence-corrected chi connectivity index (χ2v) is 4.92. The molecule has 0 amide bonds. The Morgan fingerprint density at radius 3 is 2.61 bits per heavy atom. The summed E-state index contributed by atoms with van der Waals surface area (Å²) >= 11 is 2.22. The number of benzene rings is 1. The first kappa shape index (κ1) is 13.0. The van der Waals surface area contributed by atoms with Gasteiger partial charge in [-0.2, -0.15) is 0 Å². The number of halogens is 1. The van der Waals surface area contributed by atoms with Gasteiger partial charge in [0.2, 0.25) is 0 Å². The van der Waals surface area contributed by atoms with E-state index in [9.17, 15) is 4.79 Å². The highest BCUT2D eigenvalue weighted by molar-refractivity contribution is 14.1. The lowest BCUT2D eigenvalue weighted by Crippen LogP contribution is -2.13. The van der Waals surface area contributed by atoms with E-state index in [0.29, 0.717) is 12.2 Å². The summed E-state index contributed by atoms with van der Waals surface area (Å²) in [5.74, 6) is -1.11. The fourth-order valence-corrected chi connectivity index (χ4v) is 1.95. The van der Waals surface area contributed by atoms with Crippen molar-refractivity contribution in [3.63, 3.8) is 0 Å². The third-order valence-corrected chi connectivity index (χ3v) is 3.20. The number of nitrogens with two attached hydrogens (primary N) is 1. The van der Waals surface area contributed by atoms with Crippen molar-refractivity contribution in [2.45, 2.75) is 13.1 Å². The molecule has 0 saturated carbocycles. The zero-order valence-corrected chi connectivity index (χ0v) is 11.5. The van der Waals surface area contributed by atoms with E-state index in [-0.39, 0.29) is 12.2 Å². The van der Waals surface area contributed by atoms with Crippen LogP contribution in [0.15, 0.2) is 24.3 Å². The molecule has 0 fully saturated rings. The molecule has 0 spiro atoms. The first-order valence-corrected chi connectivity index (χ1v) is 6.30. The van der Waals surface area contributed by atoms with Crippen LogP contribution in [0.2, 0.25) is 0 Å². The maximum Gasteiger partial charge on any atom is 0.358 e. The van der Waals surface area contributed by atoms with Crippen LogP contribution >= 0.6 is 22.6 Å². The zero-order chi connectivity index (χ0) is 13.1. The van der Waals surface area contributed by atoms with Crippen LogP contribution in [0.5, 0.6) is 0 Å². The number of carboxylic acid groups (broad SMARTS) is 1. The Labute approximate surface area is 117 Å². The van der Waals surface area contributed by atoms with Gasteiger partial charge in [-0.3, -0.25) is 0 Å². The second kappa shape index (κ2) is 5.44. The van der Waals surface area contributed by atoms with Gasteiger partial charge in [0, 0.05) is 10.1 Å². The SMILES string of the molecule is NCc1c(C(=O)O)nnn1Cc1ccc(I)cc1. The van der Waals surface area contributed by atoms with Crippen LogP contribution in [-0.2, 0) is 13.1 Å². The molecule has 3 N–H and O–H groups in total. The van der Waals surface area contributed by atoms with E-state index in [1.54, 1.807) is 0 Å². The van der Waals surface area contributed by atoms with Crippen molar-refractivity contribution >= 4 is 28.6 Å². The largest absolute Gasteiger partial charge is 0.476 e. The average molecular weight is 358 g/mol. The third-order valence-electron chi connectivity index (χ3n) is 2.48. The molecule has 1 aromatic carbocycles. The Morgan fingerprint density at radius 1 is 1.39 bits per heavy atom. The normalized spacial score (nSPS) is 10.6. The minimum absolute atomic E-state index is 0.0805. The van der Waals surface area contributed by atoms with Crippen LogP contribution in [-0.4, -0.2) is 26.1 Å². The van der Waals surface area contributed by atoms with Crippen molar-refractivity contribution in [2.75, 3.05) is 0 Å². The Bertz CT molecular complexity index is 565. The molecule has 7 heteroatoms. The van der Waals surface area contributed by atoms with Crippen LogP contribution in [0.1, 0.15) is 21.7 Å². The molecule has 0 aliphatic rings. The monoisotopic (exact) mass is 358 g/mol. The molecule has 1 heterocycles. The highest BCUT2D eigenvalue weighted by atomic mass is 127. The van der Waals surface area contributed by atoms with Gasteiger partial charge in [-0.1, -0.05) is 17.3 Å². The summed E-state index contributed by atoms with van der Waals surface area (Å²) in [6.07, 6.45) is 0. The number of carboxylic acids is 1. The second-order valence-electron chi connectivity index (χ2n) is 3.68. The maximum atomic E-state index is 10.9. The Hall–Kier alpha value is -1.48. The molecule has 0 bridgehead atoms. The fraction of sp³-hybridized carbons (Fsp3) is 0.182.